The van der Waals surface area contributed by atoms with Crippen LogP contribution in [0.4, 0.5) is 5.69 Å². The lowest BCUT2D eigenvalue weighted by molar-refractivity contribution is 0.112. The molecule has 1 unspecified atom stereocenters. The van der Waals surface area contributed by atoms with Crippen molar-refractivity contribution < 1.29 is 9.90 Å². The molecular weight excluding hydrogens is 496 g/mol. The molecule has 4 rings (SSSR count). The molecule has 0 heterocycles. The number of hydrogen-bond donors (Lipinski definition) is 4. The molecule has 6 heteroatoms. The number of phenols is 1. The lowest BCUT2D eigenvalue weighted by Gasteiger charge is -2.35. The Balaban J connectivity index is 0.00000105. The maximum atomic E-state index is 11.9. The summed E-state index contributed by atoms with van der Waals surface area (Å²) in [5, 5.41) is 29.1. The first kappa shape index (κ1) is 33.2. The third kappa shape index (κ3) is 9.29. The van der Waals surface area contributed by atoms with E-state index in [-0.39, 0.29) is 11.7 Å². The second kappa shape index (κ2) is 17.6. The molecule has 0 bridgehead atoms. The van der Waals surface area contributed by atoms with Gasteiger partial charge in [0.2, 0.25) is 0 Å². The number of hydrogen-bond acceptors (Lipinski definition) is 6. The van der Waals surface area contributed by atoms with Gasteiger partial charge in [-0.25, -0.2) is 0 Å². The molecule has 6 nitrogen and oxygen atoms in total. The summed E-state index contributed by atoms with van der Waals surface area (Å²) >= 11 is 0. The summed E-state index contributed by atoms with van der Waals surface area (Å²) < 4.78 is 0. The van der Waals surface area contributed by atoms with E-state index >= 15 is 0 Å². The highest BCUT2D eigenvalue weighted by atomic mass is 16.3. The van der Waals surface area contributed by atoms with E-state index in [0.717, 1.165) is 48.6 Å². The Morgan fingerprint density at radius 2 is 1.82 bits per heavy atom. The summed E-state index contributed by atoms with van der Waals surface area (Å²) in [4.78, 5) is 14.0. The van der Waals surface area contributed by atoms with E-state index in [1.807, 2.05) is 27.0 Å². The molecule has 0 aliphatic heterocycles. The minimum atomic E-state index is 0.176. The highest BCUT2D eigenvalue weighted by Crippen LogP contribution is 2.41. The predicted octanol–water partition coefficient (Wildman–Crippen LogP) is 8.12. The Morgan fingerprint density at radius 1 is 1.15 bits per heavy atom. The normalized spacial score (nSPS) is 15.2. The van der Waals surface area contributed by atoms with Crippen molar-refractivity contribution in [1.29, 1.82) is 10.8 Å². The number of aldehydes is 1. The molecule has 2 aliphatic carbocycles. The second-order valence-electron chi connectivity index (χ2n) is 10.9. The molecule has 2 aliphatic rings. The Kier molecular flexibility index (Phi) is 14.7. The molecule has 2 saturated carbocycles. The van der Waals surface area contributed by atoms with Gasteiger partial charge in [-0.3, -0.25) is 4.79 Å². The maximum absolute atomic E-state index is 11.9. The van der Waals surface area contributed by atoms with Crippen LogP contribution in [0.1, 0.15) is 112 Å². The number of nitrogens with zero attached hydrogens (tertiary/aromatic N) is 1. The fraction of sp³-hybridized carbons (Fsp3) is 0.559. The van der Waals surface area contributed by atoms with Crippen molar-refractivity contribution in [2.45, 2.75) is 98.1 Å². The summed E-state index contributed by atoms with van der Waals surface area (Å²) in [6.07, 6.45) is 11.5. The molecule has 0 radical (unpaired) electrons. The van der Waals surface area contributed by atoms with E-state index < -0.39 is 0 Å². The monoisotopic (exact) mass is 548 g/mol. The van der Waals surface area contributed by atoms with Crippen LogP contribution in [0.3, 0.4) is 0 Å². The minimum Gasteiger partial charge on any atom is -0.508 e. The zero-order valence-corrected chi connectivity index (χ0v) is 25.4. The first-order valence-corrected chi connectivity index (χ1v) is 15.3. The first-order chi connectivity index (χ1) is 19.4. The number of phenolic OH excluding ortho intramolecular Hbond substituents is 1. The van der Waals surface area contributed by atoms with Gasteiger partial charge in [0.15, 0.2) is 6.29 Å². The molecule has 0 amide bonds. The van der Waals surface area contributed by atoms with Crippen LogP contribution in [0.15, 0.2) is 36.4 Å². The molecule has 220 valence electrons. The van der Waals surface area contributed by atoms with Gasteiger partial charge in [-0.05, 0) is 99.0 Å². The van der Waals surface area contributed by atoms with E-state index in [1.54, 1.807) is 13.0 Å². The highest BCUT2D eigenvalue weighted by molar-refractivity contribution is 5.89. The molecule has 2 aromatic rings. The van der Waals surface area contributed by atoms with Gasteiger partial charge in [-0.15, -0.1) is 0 Å². The van der Waals surface area contributed by atoms with Crippen LogP contribution in [-0.4, -0.2) is 36.9 Å². The van der Waals surface area contributed by atoms with Crippen molar-refractivity contribution in [3.63, 3.8) is 0 Å². The average molecular weight is 549 g/mol. The number of nitrogens with one attached hydrogen (secondary N) is 3. The molecule has 2 aromatic carbocycles. The number of carbonyl (C=O) groups is 1. The number of carbonyl (C=O) groups excluding carboxylic acids is 1. The number of aromatic hydroxyl groups is 1. The SMILES string of the molecule is CC.CC=N.CCCC(=N)C(c1cccc(N(C)Cc2c(O)cc(CNCC3CCC3)cc2C=O)c1)C1CCC1. The van der Waals surface area contributed by atoms with Gasteiger partial charge in [-0.2, -0.15) is 0 Å². The fourth-order valence-electron chi connectivity index (χ4n) is 5.48. The third-order valence-corrected chi connectivity index (χ3v) is 8.02. The molecule has 0 aromatic heterocycles. The van der Waals surface area contributed by atoms with Crippen LogP contribution in [-0.2, 0) is 13.1 Å². The van der Waals surface area contributed by atoms with E-state index in [2.05, 4.69) is 41.4 Å². The number of rotatable bonds is 13. The Morgan fingerprint density at radius 3 is 2.38 bits per heavy atom. The number of anilines is 1. The molecule has 2 fully saturated rings. The standard InChI is InChI=1S/C30H41N3O2.C2H5N.C2H6/c1-3-7-28(31)30(23-10-5-11-23)24-12-6-13-26(16-24)33(2)19-27-25(20-34)14-22(15-29(27)35)18-32-17-21-8-4-9-21;1-2-3;1-2/h6,12-16,20-21,23,30-32,35H,3-5,7-11,17-19H2,1-2H3;2-3H,1H3;1-2H3. The lowest BCUT2D eigenvalue weighted by atomic mass is 9.70. The average Bonchev–Trinajstić information content (AvgIpc) is 2.90. The van der Waals surface area contributed by atoms with E-state index in [1.165, 1.54) is 50.3 Å². The van der Waals surface area contributed by atoms with E-state index in [9.17, 15) is 9.90 Å². The Bertz CT molecular complexity index is 1080. The van der Waals surface area contributed by atoms with Gasteiger partial charge in [0.05, 0.1) is 0 Å². The van der Waals surface area contributed by atoms with Gasteiger partial charge < -0.3 is 26.1 Å². The Hall–Kier alpha value is -2.99. The third-order valence-electron chi connectivity index (χ3n) is 8.02. The van der Waals surface area contributed by atoms with Crippen LogP contribution < -0.4 is 10.2 Å². The first-order valence-electron chi connectivity index (χ1n) is 15.3. The molecule has 40 heavy (non-hydrogen) atoms. The van der Waals surface area contributed by atoms with E-state index in [0.29, 0.717) is 30.1 Å². The topological polar surface area (TPSA) is 100 Å². The molecule has 0 saturated heterocycles. The number of benzene rings is 2. The van der Waals surface area contributed by atoms with Gasteiger partial charge in [0.25, 0.3) is 0 Å². The van der Waals surface area contributed by atoms with Crippen molar-refractivity contribution in [3.05, 3.63) is 58.7 Å². The predicted molar refractivity (Wildman–Crippen MR) is 170 cm³/mol. The Labute approximate surface area is 242 Å². The molecule has 1 atom stereocenters. The van der Waals surface area contributed by atoms with Gasteiger partial charge >= 0.3 is 0 Å². The summed E-state index contributed by atoms with van der Waals surface area (Å²) in [7, 11) is 2.00. The van der Waals surface area contributed by atoms with Crippen molar-refractivity contribution in [2.75, 3.05) is 18.5 Å². The smallest absolute Gasteiger partial charge is 0.150 e. The van der Waals surface area contributed by atoms with Crippen LogP contribution in [0, 0.1) is 22.7 Å². The minimum absolute atomic E-state index is 0.176. The van der Waals surface area contributed by atoms with Gasteiger partial charge in [0, 0.05) is 48.6 Å². The second-order valence-corrected chi connectivity index (χ2v) is 10.9. The van der Waals surface area contributed by atoms with Crippen LogP contribution >= 0.6 is 0 Å². The highest BCUT2D eigenvalue weighted by Gasteiger charge is 2.31. The summed E-state index contributed by atoms with van der Waals surface area (Å²) in [5.41, 5.74) is 5.24. The lowest BCUT2D eigenvalue weighted by Crippen LogP contribution is -2.27. The summed E-state index contributed by atoms with van der Waals surface area (Å²) in [5.74, 6) is 1.72. The maximum Gasteiger partial charge on any atom is 0.150 e. The van der Waals surface area contributed by atoms with Crippen molar-refractivity contribution >= 4 is 23.9 Å². The molecule has 0 spiro atoms. The largest absolute Gasteiger partial charge is 0.508 e. The van der Waals surface area contributed by atoms with Crippen LogP contribution in [0.5, 0.6) is 5.75 Å². The van der Waals surface area contributed by atoms with Crippen LogP contribution in [0.2, 0.25) is 0 Å². The van der Waals surface area contributed by atoms with Crippen molar-refractivity contribution in [3.8, 4) is 5.75 Å². The quantitative estimate of drug-likeness (QED) is 0.150. The van der Waals surface area contributed by atoms with Crippen molar-refractivity contribution in [1.82, 2.24) is 5.32 Å². The van der Waals surface area contributed by atoms with Crippen LogP contribution in [0.25, 0.3) is 0 Å². The fourth-order valence-corrected chi connectivity index (χ4v) is 5.48. The molecular formula is C34H52N4O2. The van der Waals surface area contributed by atoms with Gasteiger partial charge in [-0.1, -0.05) is 52.2 Å². The zero-order chi connectivity index (χ0) is 29.5. The van der Waals surface area contributed by atoms with Gasteiger partial charge in [0.1, 0.15) is 5.75 Å². The van der Waals surface area contributed by atoms with Crippen molar-refractivity contribution in [2.24, 2.45) is 11.8 Å². The summed E-state index contributed by atoms with van der Waals surface area (Å²) in [6, 6.07) is 12.2. The zero-order valence-electron chi connectivity index (χ0n) is 25.4. The summed E-state index contributed by atoms with van der Waals surface area (Å²) in [6.45, 7) is 9.91. The van der Waals surface area contributed by atoms with E-state index in [4.69, 9.17) is 10.8 Å². The molecule has 4 N–H and O–H groups in total.